The fourth-order valence-corrected chi connectivity index (χ4v) is 1.92. The van der Waals surface area contributed by atoms with Gasteiger partial charge in [0.25, 0.3) is 0 Å². The summed E-state index contributed by atoms with van der Waals surface area (Å²) in [5.41, 5.74) is -1.03. The van der Waals surface area contributed by atoms with Crippen LogP contribution >= 0.6 is 11.6 Å². The molecule has 0 amide bonds. The fourth-order valence-electron chi connectivity index (χ4n) is 1.65. The van der Waals surface area contributed by atoms with E-state index >= 15 is 0 Å². The number of carbonyl (C=O) groups is 2. The maximum absolute atomic E-state index is 11.2. The minimum atomic E-state index is -1.03. The number of esters is 1. The Balaban J connectivity index is 2.86. The number of rotatable bonds is 2. The molecule has 68 valence electrons. The second-order valence-corrected chi connectivity index (χ2v) is 3.40. The Kier molecular flexibility index (Phi) is 2.73. The van der Waals surface area contributed by atoms with Gasteiger partial charge in [-0.2, -0.15) is 0 Å². The van der Waals surface area contributed by atoms with Gasteiger partial charge in [0, 0.05) is 0 Å². The highest BCUT2D eigenvalue weighted by molar-refractivity contribution is 6.66. The first-order chi connectivity index (χ1) is 5.63. The van der Waals surface area contributed by atoms with Gasteiger partial charge in [0.05, 0.1) is 7.11 Å². The third-order valence-electron chi connectivity index (χ3n) is 2.41. The fraction of sp³-hybridized carbons (Fsp3) is 0.750. The van der Waals surface area contributed by atoms with Crippen LogP contribution in [0.5, 0.6) is 0 Å². The average molecular weight is 191 g/mol. The highest BCUT2D eigenvalue weighted by Gasteiger charge is 2.48. The quantitative estimate of drug-likeness (QED) is 0.377. The third kappa shape index (κ3) is 1.33. The molecule has 0 saturated heterocycles. The van der Waals surface area contributed by atoms with Crippen LogP contribution in [0, 0.1) is 5.41 Å². The number of methoxy groups -OCH3 is 1. The normalized spacial score (nSPS) is 20.5. The predicted octanol–water partition coefficient (Wildman–Crippen LogP) is 1.49. The maximum atomic E-state index is 11.2. The smallest absolute Gasteiger partial charge is 0.320 e. The molecule has 0 radical (unpaired) electrons. The van der Waals surface area contributed by atoms with Crippen LogP contribution in [0.15, 0.2) is 0 Å². The molecule has 0 aliphatic heterocycles. The van der Waals surface area contributed by atoms with Gasteiger partial charge in [-0.15, -0.1) is 0 Å². The Hall–Kier alpha value is -0.570. The summed E-state index contributed by atoms with van der Waals surface area (Å²) in [6, 6.07) is 0. The lowest BCUT2D eigenvalue weighted by Crippen LogP contribution is -2.34. The second-order valence-electron chi connectivity index (χ2n) is 3.05. The number of hydrogen-bond acceptors (Lipinski definition) is 3. The molecule has 0 aromatic heterocycles. The Labute approximate surface area is 76.0 Å². The van der Waals surface area contributed by atoms with E-state index in [1.807, 2.05) is 0 Å². The highest BCUT2D eigenvalue weighted by atomic mass is 35.5. The summed E-state index contributed by atoms with van der Waals surface area (Å²) in [5, 5.41) is -0.577. The van der Waals surface area contributed by atoms with Crippen LogP contribution in [0.2, 0.25) is 0 Å². The van der Waals surface area contributed by atoms with Crippen LogP contribution < -0.4 is 0 Å². The van der Waals surface area contributed by atoms with Crippen molar-refractivity contribution in [3.63, 3.8) is 0 Å². The lowest BCUT2D eigenvalue weighted by atomic mass is 9.88. The summed E-state index contributed by atoms with van der Waals surface area (Å²) in [4.78, 5) is 22.3. The van der Waals surface area contributed by atoms with Crippen LogP contribution in [0.1, 0.15) is 25.7 Å². The van der Waals surface area contributed by atoms with E-state index in [9.17, 15) is 9.59 Å². The van der Waals surface area contributed by atoms with Gasteiger partial charge in [-0.25, -0.2) is 0 Å². The molecule has 0 unspecified atom stereocenters. The van der Waals surface area contributed by atoms with Crippen molar-refractivity contribution in [1.82, 2.24) is 0 Å². The van der Waals surface area contributed by atoms with Crippen molar-refractivity contribution in [3.8, 4) is 0 Å². The second kappa shape index (κ2) is 3.44. The summed E-state index contributed by atoms with van der Waals surface area (Å²) in [7, 11) is 1.28. The van der Waals surface area contributed by atoms with E-state index in [4.69, 9.17) is 11.6 Å². The van der Waals surface area contributed by atoms with Gasteiger partial charge in [-0.3, -0.25) is 9.59 Å². The zero-order valence-electron chi connectivity index (χ0n) is 6.93. The molecule has 1 fully saturated rings. The molecule has 0 atom stereocenters. The van der Waals surface area contributed by atoms with Crippen LogP contribution in [-0.2, 0) is 14.3 Å². The van der Waals surface area contributed by atoms with E-state index < -0.39 is 16.6 Å². The number of hydrogen-bond donors (Lipinski definition) is 0. The van der Waals surface area contributed by atoms with Crippen LogP contribution in [0.4, 0.5) is 0 Å². The first kappa shape index (κ1) is 9.52. The number of ether oxygens (including phenoxy) is 1. The largest absolute Gasteiger partial charge is 0.468 e. The molecule has 0 bridgehead atoms. The molecule has 4 heteroatoms. The molecule has 0 aromatic carbocycles. The Bertz CT molecular complexity index is 206. The first-order valence-electron chi connectivity index (χ1n) is 3.92. The molecule has 0 heterocycles. The van der Waals surface area contributed by atoms with Gasteiger partial charge in [0.15, 0.2) is 0 Å². The van der Waals surface area contributed by atoms with Gasteiger partial charge in [0.1, 0.15) is 5.41 Å². The topological polar surface area (TPSA) is 43.4 Å². The predicted molar refractivity (Wildman–Crippen MR) is 43.8 cm³/mol. The monoisotopic (exact) mass is 190 g/mol. The molecule has 1 rings (SSSR count). The molecule has 3 nitrogen and oxygen atoms in total. The average Bonchev–Trinajstić information content (AvgIpc) is 2.52. The van der Waals surface area contributed by atoms with Crippen LogP contribution in [0.25, 0.3) is 0 Å². The summed E-state index contributed by atoms with van der Waals surface area (Å²) in [5.74, 6) is -0.486. The standard InChI is InChI=1S/C8H11ClO3/c1-12-7(11)8(6(9)10)4-2-3-5-8/h2-5H2,1H3. The van der Waals surface area contributed by atoms with Gasteiger partial charge in [-0.05, 0) is 24.4 Å². The lowest BCUT2D eigenvalue weighted by molar-refractivity contribution is -0.155. The molecule has 0 N–H and O–H groups in total. The zero-order valence-corrected chi connectivity index (χ0v) is 7.69. The van der Waals surface area contributed by atoms with Gasteiger partial charge in [-0.1, -0.05) is 12.8 Å². The van der Waals surface area contributed by atoms with Gasteiger partial charge >= 0.3 is 5.97 Å². The molecular formula is C8H11ClO3. The van der Waals surface area contributed by atoms with E-state index in [0.717, 1.165) is 12.8 Å². The summed E-state index contributed by atoms with van der Waals surface area (Å²) in [6.45, 7) is 0. The molecule has 0 aromatic rings. The summed E-state index contributed by atoms with van der Waals surface area (Å²) in [6.07, 6.45) is 2.80. The van der Waals surface area contributed by atoms with Crippen LogP contribution in [-0.4, -0.2) is 18.3 Å². The van der Waals surface area contributed by atoms with E-state index in [1.165, 1.54) is 7.11 Å². The van der Waals surface area contributed by atoms with Crippen molar-refractivity contribution in [3.05, 3.63) is 0 Å². The van der Waals surface area contributed by atoms with Crippen molar-refractivity contribution in [2.24, 2.45) is 5.41 Å². The number of halogens is 1. The molecule has 12 heavy (non-hydrogen) atoms. The maximum Gasteiger partial charge on any atom is 0.320 e. The molecule has 1 aliphatic rings. The Morgan fingerprint density at radius 3 is 2.17 bits per heavy atom. The van der Waals surface area contributed by atoms with Crippen molar-refractivity contribution in [1.29, 1.82) is 0 Å². The van der Waals surface area contributed by atoms with Crippen molar-refractivity contribution in [2.75, 3.05) is 7.11 Å². The molecule has 1 aliphatic carbocycles. The summed E-state index contributed by atoms with van der Waals surface area (Å²) < 4.78 is 4.55. The van der Waals surface area contributed by atoms with E-state index in [2.05, 4.69) is 4.74 Å². The SMILES string of the molecule is COC(=O)C1(C(=O)Cl)CCCC1. The first-order valence-corrected chi connectivity index (χ1v) is 4.29. The van der Waals surface area contributed by atoms with E-state index in [0.29, 0.717) is 12.8 Å². The van der Waals surface area contributed by atoms with Gasteiger partial charge in [0.2, 0.25) is 5.24 Å². The minimum absolute atomic E-state index is 0.486. The van der Waals surface area contributed by atoms with Crippen LogP contribution in [0.3, 0.4) is 0 Å². The van der Waals surface area contributed by atoms with Crippen molar-refractivity contribution < 1.29 is 14.3 Å². The zero-order chi connectivity index (χ0) is 9.19. The van der Waals surface area contributed by atoms with Crippen molar-refractivity contribution in [2.45, 2.75) is 25.7 Å². The van der Waals surface area contributed by atoms with Crippen molar-refractivity contribution >= 4 is 22.8 Å². The lowest BCUT2D eigenvalue weighted by Gasteiger charge is -2.20. The third-order valence-corrected chi connectivity index (χ3v) is 2.77. The summed E-state index contributed by atoms with van der Waals surface area (Å²) >= 11 is 5.37. The Morgan fingerprint density at radius 2 is 1.83 bits per heavy atom. The van der Waals surface area contributed by atoms with E-state index in [1.54, 1.807) is 0 Å². The Morgan fingerprint density at radius 1 is 1.33 bits per heavy atom. The van der Waals surface area contributed by atoms with E-state index in [-0.39, 0.29) is 0 Å². The van der Waals surface area contributed by atoms with Gasteiger partial charge < -0.3 is 4.74 Å². The number of carbonyl (C=O) groups excluding carboxylic acids is 2. The molecular weight excluding hydrogens is 180 g/mol. The minimum Gasteiger partial charge on any atom is -0.468 e. The molecule has 1 saturated carbocycles. The highest BCUT2D eigenvalue weighted by Crippen LogP contribution is 2.40. The molecule has 0 spiro atoms.